The molecule has 1 aliphatic carbocycles. The quantitative estimate of drug-likeness (QED) is 0.478. The Hall–Kier alpha value is -0.560. The molecule has 1 fully saturated rings. The lowest BCUT2D eigenvalue weighted by atomic mass is 10.2. The molecular formula is C12H16ClFIN3. The highest BCUT2D eigenvalue weighted by Gasteiger charge is 2.21. The lowest BCUT2D eigenvalue weighted by Gasteiger charge is -2.11. The monoisotopic (exact) mass is 383 g/mol. The van der Waals surface area contributed by atoms with Crippen LogP contribution in [0.2, 0.25) is 5.02 Å². The molecule has 0 radical (unpaired) electrons. The Balaban J connectivity index is 0.00000162. The van der Waals surface area contributed by atoms with E-state index in [0.29, 0.717) is 12.6 Å². The maximum absolute atomic E-state index is 13.0. The van der Waals surface area contributed by atoms with Crippen LogP contribution in [0.25, 0.3) is 0 Å². The molecule has 3 nitrogen and oxygen atoms in total. The van der Waals surface area contributed by atoms with Gasteiger partial charge in [0.1, 0.15) is 5.82 Å². The molecule has 100 valence electrons. The Morgan fingerprint density at radius 2 is 2.22 bits per heavy atom. The molecule has 0 atom stereocenters. The molecule has 1 aromatic rings. The largest absolute Gasteiger partial charge is 0.354 e. The fourth-order valence-electron chi connectivity index (χ4n) is 1.45. The van der Waals surface area contributed by atoms with Crippen LogP contribution in [0.3, 0.4) is 0 Å². The molecule has 0 spiro atoms. The summed E-state index contributed by atoms with van der Waals surface area (Å²) in [4.78, 5) is 4.11. The summed E-state index contributed by atoms with van der Waals surface area (Å²) in [6, 6.07) is 5.25. The van der Waals surface area contributed by atoms with Gasteiger partial charge in [-0.2, -0.15) is 0 Å². The number of hydrogen-bond donors (Lipinski definition) is 2. The highest BCUT2D eigenvalue weighted by molar-refractivity contribution is 14.0. The zero-order valence-electron chi connectivity index (χ0n) is 10.0. The van der Waals surface area contributed by atoms with Crippen molar-refractivity contribution >= 4 is 41.5 Å². The molecule has 0 heterocycles. The van der Waals surface area contributed by atoms with Crippen LogP contribution < -0.4 is 10.6 Å². The molecule has 0 saturated heterocycles. The second-order valence-electron chi connectivity index (χ2n) is 4.09. The number of benzene rings is 1. The van der Waals surface area contributed by atoms with Crippen molar-refractivity contribution in [2.45, 2.75) is 25.4 Å². The van der Waals surface area contributed by atoms with E-state index in [0.717, 1.165) is 11.5 Å². The van der Waals surface area contributed by atoms with Crippen LogP contribution in [-0.2, 0) is 6.54 Å². The average Bonchev–Trinajstić information content (AvgIpc) is 3.12. The third-order valence-electron chi connectivity index (χ3n) is 2.59. The summed E-state index contributed by atoms with van der Waals surface area (Å²) in [5.74, 6) is 0.379. The first-order valence-corrected chi connectivity index (χ1v) is 5.98. The van der Waals surface area contributed by atoms with Gasteiger partial charge in [0.15, 0.2) is 5.96 Å². The van der Waals surface area contributed by atoms with Crippen molar-refractivity contribution in [1.29, 1.82) is 0 Å². The van der Waals surface area contributed by atoms with E-state index in [1.807, 2.05) is 0 Å². The van der Waals surface area contributed by atoms with Crippen LogP contribution in [0.4, 0.5) is 4.39 Å². The SMILES string of the molecule is CN=C(NCc1ccc(F)c(Cl)c1)NC1CC1.I. The predicted octanol–water partition coefficient (Wildman–Crippen LogP) is 2.92. The first kappa shape index (κ1) is 15.5. The molecule has 2 N–H and O–H groups in total. The van der Waals surface area contributed by atoms with Crippen molar-refractivity contribution in [3.8, 4) is 0 Å². The Morgan fingerprint density at radius 3 is 2.78 bits per heavy atom. The number of hydrogen-bond acceptors (Lipinski definition) is 1. The van der Waals surface area contributed by atoms with Crippen molar-refractivity contribution in [2.24, 2.45) is 4.99 Å². The number of nitrogens with zero attached hydrogens (tertiary/aromatic N) is 1. The molecular weight excluding hydrogens is 368 g/mol. The van der Waals surface area contributed by atoms with E-state index in [-0.39, 0.29) is 29.0 Å². The Bertz CT molecular complexity index is 435. The van der Waals surface area contributed by atoms with E-state index in [1.165, 1.54) is 18.9 Å². The van der Waals surface area contributed by atoms with Crippen LogP contribution in [0.1, 0.15) is 18.4 Å². The maximum Gasteiger partial charge on any atom is 0.191 e. The molecule has 2 rings (SSSR count). The van der Waals surface area contributed by atoms with E-state index in [9.17, 15) is 4.39 Å². The summed E-state index contributed by atoms with van der Waals surface area (Å²) in [5.41, 5.74) is 0.926. The fourth-order valence-corrected chi connectivity index (χ4v) is 1.65. The Morgan fingerprint density at radius 1 is 1.50 bits per heavy atom. The van der Waals surface area contributed by atoms with Gasteiger partial charge < -0.3 is 10.6 Å². The van der Waals surface area contributed by atoms with Crippen LogP contribution in [0, 0.1) is 5.82 Å². The molecule has 1 saturated carbocycles. The van der Waals surface area contributed by atoms with Crippen molar-refractivity contribution in [2.75, 3.05) is 7.05 Å². The number of rotatable bonds is 3. The second-order valence-corrected chi connectivity index (χ2v) is 4.50. The maximum atomic E-state index is 13.0. The number of guanidine groups is 1. The van der Waals surface area contributed by atoms with Crippen LogP contribution in [0.15, 0.2) is 23.2 Å². The molecule has 0 aliphatic heterocycles. The summed E-state index contributed by atoms with van der Waals surface area (Å²) in [6.45, 7) is 0.576. The number of nitrogens with one attached hydrogen (secondary N) is 2. The van der Waals surface area contributed by atoms with Gasteiger partial charge in [-0.3, -0.25) is 4.99 Å². The molecule has 0 bridgehead atoms. The average molecular weight is 384 g/mol. The van der Waals surface area contributed by atoms with E-state index < -0.39 is 5.82 Å². The third kappa shape index (κ3) is 4.61. The van der Waals surface area contributed by atoms with Crippen LogP contribution in [0.5, 0.6) is 0 Å². The smallest absolute Gasteiger partial charge is 0.191 e. The van der Waals surface area contributed by atoms with Crippen LogP contribution in [-0.4, -0.2) is 19.0 Å². The number of aliphatic imine (C=N–C) groups is 1. The van der Waals surface area contributed by atoms with Crippen molar-refractivity contribution in [3.05, 3.63) is 34.6 Å². The van der Waals surface area contributed by atoms with Crippen molar-refractivity contribution in [3.63, 3.8) is 0 Å². The highest BCUT2D eigenvalue weighted by Crippen LogP contribution is 2.18. The molecule has 0 unspecified atom stereocenters. The minimum Gasteiger partial charge on any atom is -0.354 e. The zero-order valence-corrected chi connectivity index (χ0v) is 13.1. The van der Waals surface area contributed by atoms with Gasteiger partial charge in [0.2, 0.25) is 0 Å². The Labute approximate surface area is 128 Å². The number of halogens is 3. The normalized spacial score (nSPS) is 14.9. The minimum absolute atomic E-state index is 0. The van der Waals surface area contributed by atoms with Crippen molar-refractivity contribution in [1.82, 2.24) is 10.6 Å². The van der Waals surface area contributed by atoms with Gasteiger partial charge in [-0.15, -0.1) is 24.0 Å². The lowest BCUT2D eigenvalue weighted by molar-refractivity contribution is 0.627. The lowest BCUT2D eigenvalue weighted by Crippen LogP contribution is -2.38. The van der Waals surface area contributed by atoms with Gasteiger partial charge in [-0.25, -0.2) is 4.39 Å². The van der Waals surface area contributed by atoms with Gasteiger partial charge in [0, 0.05) is 19.6 Å². The molecule has 6 heteroatoms. The summed E-state index contributed by atoms with van der Waals surface area (Å²) in [6.07, 6.45) is 2.39. The molecule has 1 aliphatic rings. The second kappa shape index (κ2) is 7.13. The van der Waals surface area contributed by atoms with Gasteiger partial charge in [0.05, 0.1) is 5.02 Å². The molecule has 1 aromatic carbocycles. The summed E-state index contributed by atoms with van der Waals surface area (Å²) >= 11 is 5.71. The van der Waals surface area contributed by atoms with Gasteiger partial charge in [-0.05, 0) is 30.5 Å². The van der Waals surface area contributed by atoms with Gasteiger partial charge >= 0.3 is 0 Å². The molecule has 18 heavy (non-hydrogen) atoms. The minimum atomic E-state index is -0.393. The summed E-state index contributed by atoms with van der Waals surface area (Å²) in [5, 5.41) is 6.58. The fraction of sp³-hybridized carbons (Fsp3) is 0.417. The van der Waals surface area contributed by atoms with Gasteiger partial charge in [0.25, 0.3) is 0 Å². The third-order valence-corrected chi connectivity index (χ3v) is 2.88. The van der Waals surface area contributed by atoms with Crippen LogP contribution >= 0.6 is 35.6 Å². The van der Waals surface area contributed by atoms with Crippen molar-refractivity contribution < 1.29 is 4.39 Å². The predicted molar refractivity (Wildman–Crippen MR) is 83.2 cm³/mol. The first-order valence-electron chi connectivity index (χ1n) is 5.60. The molecule has 0 aromatic heterocycles. The Kier molecular flexibility index (Phi) is 6.14. The van der Waals surface area contributed by atoms with E-state index in [4.69, 9.17) is 11.6 Å². The topological polar surface area (TPSA) is 36.4 Å². The first-order chi connectivity index (χ1) is 8.19. The van der Waals surface area contributed by atoms with Gasteiger partial charge in [-0.1, -0.05) is 17.7 Å². The van der Waals surface area contributed by atoms with E-state index in [2.05, 4.69) is 15.6 Å². The van der Waals surface area contributed by atoms with E-state index in [1.54, 1.807) is 19.2 Å². The summed E-state index contributed by atoms with van der Waals surface area (Å²) < 4.78 is 13.0. The standard InChI is InChI=1S/C12H15ClFN3.HI/c1-15-12(17-9-3-4-9)16-7-8-2-5-11(14)10(13)6-8;/h2,5-6,9H,3-4,7H2,1H3,(H2,15,16,17);1H. The zero-order chi connectivity index (χ0) is 12.3. The van der Waals surface area contributed by atoms with E-state index >= 15 is 0 Å². The molecule has 0 amide bonds. The highest BCUT2D eigenvalue weighted by atomic mass is 127. The summed E-state index contributed by atoms with van der Waals surface area (Å²) in [7, 11) is 1.73.